The molecule has 1 heterocycles. The van der Waals surface area contributed by atoms with Crippen molar-refractivity contribution >= 4 is 11.8 Å². The zero-order valence-corrected chi connectivity index (χ0v) is 10.9. The van der Waals surface area contributed by atoms with Gasteiger partial charge in [0.25, 0.3) is 0 Å². The molecule has 0 atom stereocenters. The number of carbonyl (C=O) groups excluding carboxylic acids is 1. The van der Waals surface area contributed by atoms with Gasteiger partial charge in [0.2, 0.25) is 11.5 Å². The fourth-order valence-electron chi connectivity index (χ4n) is 1.87. The van der Waals surface area contributed by atoms with Gasteiger partial charge >= 0.3 is 5.97 Å². The van der Waals surface area contributed by atoms with E-state index in [2.05, 4.69) is 0 Å². The summed E-state index contributed by atoms with van der Waals surface area (Å²) in [6.07, 6.45) is 2.25. The van der Waals surface area contributed by atoms with Gasteiger partial charge in [0, 0.05) is 18.8 Å². The van der Waals surface area contributed by atoms with Crippen LogP contribution in [-0.2, 0) is 11.3 Å². The highest BCUT2D eigenvalue weighted by Gasteiger charge is 2.13. The van der Waals surface area contributed by atoms with Crippen LogP contribution in [0.1, 0.15) is 16.1 Å². The fraction of sp³-hybridized carbons (Fsp3) is 0.0667. The number of hydrogen-bond acceptors (Lipinski definition) is 3. The Morgan fingerprint density at radius 2 is 1.95 bits per heavy atom. The lowest BCUT2D eigenvalue weighted by Crippen LogP contribution is -2.10. The van der Waals surface area contributed by atoms with E-state index in [1.807, 2.05) is 0 Å². The number of hydrogen-bond donors (Lipinski definition) is 2. The molecule has 0 aliphatic heterocycles. The number of nitrogens with zero attached hydrogens (tertiary/aromatic N) is 1. The Labute approximate surface area is 119 Å². The molecule has 0 spiro atoms. The van der Waals surface area contributed by atoms with Crippen LogP contribution in [-0.4, -0.2) is 26.5 Å². The predicted octanol–water partition coefficient (Wildman–Crippen LogP) is 2.38. The highest BCUT2D eigenvalue weighted by atomic mass is 19.1. The normalized spacial score (nSPS) is 11.4. The van der Waals surface area contributed by atoms with Crippen LogP contribution in [0.5, 0.6) is 0 Å². The van der Waals surface area contributed by atoms with E-state index in [-0.39, 0.29) is 18.1 Å². The first-order chi connectivity index (χ1) is 9.97. The minimum absolute atomic E-state index is 0.201. The van der Waals surface area contributed by atoms with Crippen LogP contribution in [0.2, 0.25) is 0 Å². The second kappa shape index (κ2) is 6.04. The molecule has 0 saturated carbocycles. The summed E-state index contributed by atoms with van der Waals surface area (Å²) in [6.45, 7) is 0.257. The molecule has 0 radical (unpaired) electrons. The second-order valence-corrected chi connectivity index (χ2v) is 4.35. The third-order valence-corrected chi connectivity index (χ3v) is 2.81. The van der Waals surface area contributed by atoms with Gasteiger partial charge in [-0.2, -0.15) is 0 Å². The maximum absolute atomic E-state index is 13.1. The lowest BCUT2D eigenvalue weighted by Gasteiger charge is -2.07. The summed E-state index contributed by atoms with van der Waals surface area (Å²) in [5.74, 6) is -3.63. The maximum atomic E-state index is 13.1. The van der Waals surface area contributed by atoms with Crippen molar-refractivity contribution in [1.29, 1.82) is 0 Å². The van der Waals surface area contributed by atoms with Gasteiger partial charge in [-0.3, -0.25) is 4.79 Å². The summed E-state index contributed by atoms with van der Waals surface area (Å²) in [5, 5.41) is 17.6. The van der Waals surface area contributed by atoms with Gasteiger partial charge in [0.1, 0.15) is 5.82 Å². The number of aliphatic hydroxyl groups excluding tert-OH is 1. The summed E-state index contributed by atoms with van der Waals surface area (Å²) in [5.41, 5.74) is 0.860. The number of benzene rings is 1. The Hall–Kier alpha value is -2.89. The van der Waals surface area contributed by atoms with E-state index in [1.165, 1.54) is 18.2 Å². The average Bonchev–Trinajstić information content (AvgIpc) is 2.86. The van der Waals surface area contributed by atoms with Crippen molar-refractivity contribution in [3.8, 4) is 0 Å². The summed E-state index contributed by atoms with van der Waals surface area (Å²) in [7, 11) is 0. The van der Waals surface area contributed by atoms with Crippen molar-refractivity contribution in [1.82, 2.24) is 4.57 Å². The van der Waals surface area contributed by atoms with Crippen molar-refractivity contribution < 1.29 is 24.2 Å². The number of rotatable bonds is 5. The van der Waals surface area contributed by atoms with Crippen LogP contribution >= 0.6 is 0 Å². The minimum atomic E-state index is -1.58. The molecule has 6 heteroatoms. The van der Waals surface area contributed by atoms with Gasteiger partial charge < -0.3 is 14.8 Å². The lowest BCUT2D eigenvalue weighted by atomic mass is 10.2. The van der Waals surface area contributed by atoms with Crippen molar-refractivity contribution in [2.75, 3.05) is 0 Å². The number of aliphatic carboxylic acids is 1. The highest BCUT2D eigenvalue weighted by Crippen LogP contribution is 2.11. The molecule has 0 fully saturated rings. The van der Waals surface area contributed by atoms with E-state index in [0.29, 0.717) is 11.6 Å². The Kier molecular flexibility index (Phi) is 4.18. The molecule has 1 aromatic carbocycles. The number of halogens is 1. The topological polar surface area (TPSA) is 79.5 Å². The fourth-order valence-corrected chi connectivity index (χ4v) is 1.87. The van der Waals surface area contributed by atoms with Crippen LogP contribution in [0.15, 0.2) is 54.4 Å². The maximum Gasteiger partial charge on any atom is 0.371 e. The van der Waals surface area contributed by atoms with Crippen LogP contribution in [0.3, 0.4) is 0 Å². The molecular formula is C15H12FNO4. The van der Waals surface area contributed by atoms with Crippen molar-refractivity contribution in [2.24, 2.45) is 0 Å². The van der Waals surface area contributed by atoms with Crippen LogP contribution < -0.4 is 0 Å². The monoisotopic (exact) mass is 289 g/mol. The lowest BCUT2D eigenvalue weighted by molar-refractivity contribution is -0.135. The quantitative estimate of drug-likeness (QED) is 0.503. The van der Waals surface area contributed by atoms with Crippen LogP contribution in [0, 0.1) is 5.82 Å². The molecule has 2 N–H and O–H groups in total. The molecule has 0 unspecified atom stereocenters. The smallest absolute Gasteiger partial charge is 0.371 e. The number of aliphatic hydroxyl groups is 1. The molecule has 0 saturated heterocycles. The van der Waals surface area contributed by atoms with Crippen LogP contribution in [0.4, 0.5) is 4.39 Å². The first-order valence-corrected chi connectivity index (χ1v) is 6.05. The second-order valence-electron chi connectivity index (χ2n) is 4.35. The molecule has 1 aromatic heterocycles. The van der Waals surface area contributed by atoms with Gasteiger partial charge in [0.15, 0.2) is 0 Å². The van der Waals surface area contributed by atoms with Gasteiger partial charge in [-0.15, -0.1) is 0 Å². The van der Waals surface area contributed by atoms with Gasteiger partial charge in [-0.25, -0.2) is 9.18 Å². The Morgan fingerprint density at radius 1 is 1.19 bits per heavy atom. The minimum Gasteiger partial charge on any atom is -0.502 e. The van der Waals surface area contributed by atoms with E-state index < -0.39 is 17.5 Å². The third-order valence-electron chi connectivity index (χ3n) is 2.81. The number of ketones is 1. The molecule has 5 nitrogen and oxygen atoms in total. The predicted molar refractivity (Wildman–Crippen MR) is 72.6 cm³/mol. The summed E-state index contributed by atoms with van der Waals surface area (Å²) < 4.78 is 14.7. The van der Waals surface area contributed by atoms with E-state index in [0.717, 1.165) is 0 Å². The number of allylic oxidation sites excluding steroid dienone is 1. The molecule has 0 bridgehead atoms. The van der Waals surface area contributed by atoms with E-state index in [9.17, 15) is 14.0 Å². The first-order valence-electron chi connectivity index (χ1n) is 6.05. The highest BCUT2D eigenvalue weighted by molar-refractivity contribution is 6.06. The standard InChI is InChI=1S/C15H12FNO4/c16-11-4-1-3-10(7-11)9-17-6-2-5-12(17)13(18)8-14(19)15(20)21/h1-8,19H,9H2,(H,20,21)/b14-8-. The molecule has 2 rings (SSSR count). The van der Waals surface area contributed by atoms with Gasteiger partial charge in [-0.05, 0) is 29.8 Å². The first kappa shape index (κ1) is 14.5. The van der Waals surface area contributed by atoms with Gasteiger partial charge in [-0.1, -0.05) is 12.1 Å². The largest absolute Gasteiger partial charge is 0.502 e. The molecule has 2 aromatic rings. The molecule has 0 aliphatic rings. The third kappa shape index (κ3) is 3.56. The van der Waals surface area contributed by atoms with Crippen LogP contribution in [0.25, 0.3) is 0 Å². The van der Waals surface area contributed by atoms with Crippen molar-refractivity contribution in [3.05, 3.63) is 71.5 Å². The SMILES string of the molecule is O=C(O)/C(O)=C/C(=O)c1cccn1Cc1cccc(F)c1. The average molecular weight is 289 g/mol. The number of carboxylic acid groups (broad SMARTS) is 1. The van der Waals surface area contributed by atoms with E-state index in [1.54, 1.807) is 29.0 Å². The summed E-state index contributed by atoms with van der Waals surface area (Å²) in [6, 6.07) is 9.04. The molecule has 0 amide bonds. The molecule has 0 aliphatic carbocycles. The summed E-state index contributed by atoms with van der Waals surface area (Å²) >= 11 is 0. The number of carbonyl (C=O) groups is 2. The number of carboxylic acids is 1. The van der Waals surface area contributed by atoms with Gasteiger partial charge in [0.05, 0.1) is 5.69 Å². The molecule has 108 valence electrons. The zero-order chi connectivity index (χ0) is 15.4. The number of aromatic nitrogens is 1. The Bertz CT molecular complexity index is 718. The molecule has 21 heavy (non-hydrogen) atoms. The molecular weight excluding hydrogens is 277 g/mol. The Morgan fingerprint density at radius 3 is 2.62 bits per heavy atom. The van der Waals surface area contributed by atoms with Crippen molar-refractivity contribution in [2.45, 2.75) is 6.54 Å². The van der Waals surface area contributed by atoms with Crippen molar-refractivity contribution in [3.63, 3.8) is 0 Å². The zero-order valence-electron chi connectivity index (χ0n) is 10.9. The summed E-state index contributed by atoms with van der Waals surface area (Å²) in [4.78, 5) is 22.4. The van der Waals surface area contributed by atoms with E-state index in [4.69, 9.17) is 10.2 Å². The van der Waals surface area contributed by atoms with E-state index >= 15 is 0 Å². The Balaban J connectivity index is 2.25.